The lowest BCUT2D eigenvalue weighted by Gasteiger charge is -2.09. The molecule has 118 valence electrons. The van der Waals surface area contributed by atoms with Gasteiger partial charge in [-0.15, -0.1) is 0 Å². The Labute approximate surface area is 141 Å². The van der Waals surface area contributed by atoms with Gasteiger partial charge in [-0.05, 0) is 36.5 Å². The van der Waals surface area contributed by atoms with Crippen LogP contribution in [0.1, 0.15) is 5.76 Å². The first-order chi connectivity index (χ1) is 11.0. The Balaban J connectivity index is 1.94. The molecule has 1 heterocycles. The van der Waals surface area contributed by atoms with Crippen molar-refractivity contribution in [1.29, 1.82) is 0 Å². The summed E-state index contributed by atoms with van der Waals surface area (Å²) >= 11 is 10.9. The molecule has 23 heavy (non-hydrogen) atoms. The monoisotopic (exact) mass is 351 g/mol. The minimum Gasteiger partial charge on any atom is -0.465 e. The van der Waals surface area contributed by atoms with Crippen LogP contribution < -0.4 is 10.6 Å². The van der Waals surface area contributed by atoms with Gasteiger partial charge >= 0.3 is 0 Å². The molecule has 0 saturated heterocycles. The maximum absolute atomic E-state index is 11.7. The van der Waals surface area contributed by atoms with Crippen molar-refractivity contribution in [2.24, 2.45) is 0 Å². The van der Waals surface area contributed by atoms with Crippen molar-refractivity contribution in [3.05, 3.63) is 63.6 Å². The summed E-state index contributed by atoms with van der Waals surface area (Å²) in [5.41, 5.74) is 0.203. The predicted molar refractivity (Wildman–Crippen MR) is 90.2 cm³/mol. The van der Waals surface area contributed by atoms with Gasteiger partial charge in [-0.25, -0.2) is 0 Å². The number of benzene rings is 1. The smallest absolute Gasteiger partial charge is 0.271 e. The van der Waals surface area contributed by atoms with Crippen LogP contribution >= 0.6 is 23.8 Å². The van der Waals surface area contributed by atoms with E-state index in [9.17, 15) is 14.9 Å². The number of hydrogen-bond acceptors (Lipinski definition) is 5. The van der Waals surface area contributed by atoms with Gasteiger partial charge in [0.2, 0.25) is 5.91 Å². The van der Waals surface area contributed by atoms with E-state index in [1.54, 1.807) is 12.1 Å². The summed E-state index contributed by atoms with van der Waals surface area (Å²) in [5, 5.41) is 15.9. The van der Waals surface area contributed by atoms with Crippen molar-refractivity contribution in [1.82, 2.24) is 5.32 Å². The van der Waals surface area contributed by atoms with Gasteiger partial charge in [-0.3, -0.25) is 20.2 Å². The Bertz CT molecular complexity index is 774. The minimum absolute atomic E-state index is 0.00912. The van der Waals surface area contributed by atoms with Crippen LogP contribution in [0.5, 0.6) is 0 Å². The molecular formula is C14H10ClN3O4S. The molecule has 7 nitrogen and oxygen atoms in total. The number of rotatable bonds is 4. The summed E-state index contributed by atoms with van der Waals surface area (Å²) in [6.07, 6.45) is 4.22. The molecule has 2 N–H and O–H groups in total. The number of halogens is 1. The summed E-state index contributed by atoms with van der Waals surface area (Å²) in [7, 11) is 0. The number of carbonyl (C=O) groups is 1. The molecule has 0 spiro atoms. The molecule has 1 amide bonds. The molecule has 0 aliphatic rings. The van der Waals surface area contributed by atoms with E-state index in [4.69, 9.17) is 28.2 Å². The second kappa shape index (κ2) is 7.52. The van der Waals surface area contributed by atoms with E-state index in [1.165, 1.54) is 36.6 Å². The quantitative estimate of drug-likeness (QED) is 0.379. The van der Waals surface area contributed by atoms with Crippen LogP contribution in [0.2, 0.25) is 5.02 Å². The fourth-order valence-corrected chi connectivity index (χ4v) is 2.00. The van der Waals surface area contributed by atoms with E-state index in [0.717, 1.165) is 0 Å². The lowest BCUT2D eigenvalue weighted by atomic mass is 10.3. The van der Waals surface area contributed by atoms with Gasteiger partial charge in [0.1, 0.15) is 5.76 Å². The van der Waals surface area contributed by atoms with Gasteiger partial charge in [0.05, 0.1) is 21.9 Å². The zero-order valence-electron chi connectivity index (χ0n) is 11.5. The highest BCUT2D eigenvalue weighted by atomic mass is 35.5. The number of amides is 1. The van der Waals surface area contributed by atoms with Crippen LogP contribution in [-0.4, -0.2) is 15.9 Å². The number of anilines is 1. The fraction of sp³-hybridized carbons (Fsp3) is 0. The molecule has 9 heteroatoms. The summed E-state index contributed by atoms with van der Waals surface area (Å²) in [5.74, 6) is 0.0642. The van der Waals surface area contributed by atoms with Crippen LogP contribution in [0.4, 0.5) is 11.4 Å². The van der Waals surface area contributed by atoms with E-state index >= 15 is 0 Å². The summed E-state index contributed by atoms with van der Waals surface area (Å²) < 4.78 is 5.04. The van der Waals surface area contributed by atoms with Crippen LogP contribution in [0, 0.1) is 10.1 Å². The average Bonchev–Trinajstić information content (AvgIpc) is 3.00. The Morgan fingerprint density at radius 2 is 2.17 bits per heavy atom. The van der Waals surface area contributed by atoms with Gasteiger partial charge in [-0.2, -0.15) is 0 Å². The first-order valence-electron chi connectivity index (χ1n) is 6.23. The first-order valence-corrected chi connectivity index (χ1v) is 7.02. The number of thiocarbonyl (C=S) groups is 1. The SMILES string of the molecule is O=C(/C=C/c1ccco1)NC(=S)Nc1ccc([N+](=O)[O-])cc1Cl. The molecule has 0 unspecified atom stereocenters. The molecule has 1 aromatic heterocycles. The number of non-ortho nitro benzene ring substituents is 1. The Morgan fingerprint density at radius 3 is 2.78 bits per heavy atom. The van der Waals surface area contributed by atoms with Crippen molar-refractivity contribution in [2.75, 3.05) is 5.32 Å². The van der Waals surface area contributed by atoms with E-state index in [2.05, 4.69) is 10.6 Å². The van der Waals surface area contributed by atoms with Crippen molar-refractivity contribution in [3.8, 4) is 0 Å². The van der Waals surface area contributed by atoms with Gasteiger partial charge in [0.15, 0.2) is 5.11 Å². The second-order valence-corrected chi connectivity index (χ2v) is 5.03. The molecule has 0 bridgehead atoms. The number of furan rings is 1. The third-order valence-electron chi connectivity index (χ3n) is 2.59. The average molecular weight is 352 g/mol. The first kappa shape index (κ1) is 16.7. The third-order valence-corrected chi connectivity index (χ3v) is 3.11. The highest BCUT2D eigenvalue weighted by Gasteiger charge is 2.10. The Kier molecular flexibility index (Phi) is 5.45. The van der Waals surface area contributed by atoms with Gasteiger partial charge < -0.3 is 9.73 Å². The molecular weight excluding hydrogens is 342 g/mol. The topological polar surface area (TPSA) is 97.4 Å². The van der Waals surface area contributed by atoms with Crippen molar-refractivity contribution in [2.45, 2.75) is 0 Å². The number of nitrogens with zero attached hydrogens (tertiary/aromatic N) is 1. The van der Waals surface area contributed by atoms with E-state index in [1.807, 2.05) is 0 Å². The maximum Gasteiger partial charge on any atom is 0.271 e. The van der Waals surface area contributed by atoms with Gasteiger partial charge in [0, 0.05) is 18.2 Å². The van der Waals surface area contributed by atoms with E-state index in [0.29, 0.717) is 11.4 Å². The highest BCUT2D eigenvalue weighted by Crippen LogP contribution is 2.26. The van der Waals surface area contributed by atoms with Crippen LogP contribution in [0.15, 0.2) is 47.1 Å². The van der Waals surface area contributed by atoms with Crippen molar-refractivity contribution in [3.63, 3.8) is 0 Å². The molecule has 0 atom stereocenters. The normalized spacial score (nSPS) is 10.5. The lowest BCUT2D eigenvalue weighted by molar-refractivity contribution is -0.384. The number of nitrogens with one attached hydrogen (secondary N) is 2. The maximum atomic E-state index is 11.7. The molecule has 0 aliphatic heterocycles. The molecule has 0 aliphatic carbocycles. The van der Waals surface area contributed by atoms with Crippen LogP contribution in [0.25, 0.3) is 6.08 Å². The molecule has 0 saturated carbocycles. The number of nitro groups is 1. The third kappa shape index (κ3) is 4.90. The molecule has 0 radical (unpaired) electrons. The summed E-state index contributed by atoms with van der Waals surface area (Å²) in [6, 6.07) is 7.25. The minimum atomic E-state index is -0.560. The summed E-state index contributed by atoms with van der Waals surface area (Å²) in [6.45, 7) is 0. The number of hydrogen-bond donors (Lipinski definition) is 2. The van der Waals surface area contributed by atoms with E-state index in [-0.39, 0.29) is 15.8 Å². The molecule has 0 fully saturated rings. The van der Waals surface area contributed by atoms with Gasteiger partial charge in [0.25, 0.3) is 5.69 Å². The van der Waals surface area contributed by atoms with Gasteiger partial charge in [-0.1, -0.05) is 11.6 Å². The standard InChI is InChI=1S/C14H10ClN3O4S/c15-11-8-9(18(20)21)3-5-12(11)16-14(23)17-13(19)6-4-10-2-1-7-22-10/h1-8H,(H2,16,17,19,23)/b6-4+. The zero-order valence-corrected chi connectivity index (χ0v) is 13.1. The zero-order chi connectivity index (χ0) is 16.8. The molecule has 2 aromatic rings. The Hall–Kier alpha value is -2.71. The number of carbonyl (C=O) groups excluding carboxylic acids is 1. The highest BCUT2D eigenvalue weighted by molar-refractivity contribution is 7.80. The number of nitro benzene ring substituents is 1. The Morgan fingerprint density at radius 1 is 1.39 bits per heavy atom. The molecule has 2 rings (SSSR count). The van der Waals surface area contributed by atoms with E-state index < -0.39 is 10.8 Å². The largest absolute Gasteiger partial charge is 0.465 e. The van der Waals surface area contributed by atoms with Crippen LogP contribution in [-0.2, 0) is 4.79 Å². The second-order valence-electron chi connectivity index (χ2n) is 4.21. The van der Waals surface area contributed by atoms with Crippen LogP contribution in [0.3, 0.4) is 0 Å². The van der Waals surface area contributed by atoms with Crippen molar-refractivity contribution >= 4 is 52.3 Å². The lowest BCUT2D eigenvalue weighted by Crippen LogP contribution is -2.32. The molecule has 1 aromatic carbocycles. The fourth-order valence-electron chi connectivity index (χ4n) is 1.57. The predicted octanol–water partition coefficient (Wildman–Crippen LogP) is 3.37. The van der Waals surface area contributed by atoms with Crippen molar-refractivity contribution < 1.29 is 14.1 Å². The summed E-state index contributed by atoms with van der Waals surface area (Å²) in [4.78, 5) is 21.7.